The van der Waals surface area contributed by atoms with Crippen LogP contribution in [0.4, 0.5) is 5.13 Å². The minimum Gasteiger partial charge on any atom is -0.301 e. The van der Waals surface area contributed by atoms with Crippen LogP contribution in [0.5, 0.6) is 0 Å². The molecule has 1 N–H and O–H groups in total. The molecule has 5 rings (SSSR count). The van der Waals surface area contributed by atoms with Gasteiger partial charge in [-0.2, -0.15) is 0 Å². The van der Waals surface area contributed by atoms with Crippen molar-refractivity contribution in [2.75, 3.05) is 11.1 Å². The number of thiophene rings is 1. The van der Waals surface area contributed by atoms with E-state index in [0.717, 1.165) is 22.3 Å². The number of benzene rings is 2. The molecule has 35 heavy (non-hydrogen) atoms. The molecule has 0 saturated carbocycles. The predicted octanol–water partition coefficient (Wildman–Crippen LogP) is 7.51. The van der Waals surface area contributed by atoms with Gasteiger partial charge in [-0.15, -0.1) is 39.4 Å². The van der Waals surface area contributed by atoms with Gasteiger partial charge in [0.25, 0.3) is 0 Å². The number of hydrogen-bond donors (Lipinski definition) is 1. The van der Waals surface area contributed by atoms with Gasteiger partial charge < -0.3 is 5.32 Å². The third kappa shape index (κ3) is 5.14. The molecule has 0 aliphatic rings. The topological polar surface area (TPSA) is 72.7 Å². The molecule has 0 aliphatic heterocycles. The van der Waals surface area contributed by atoms with Crippen LogP contribution in [0.15, 0.2) is 71.0 Å². The van der Waals surface area contributed by atoms with Gasteiger partial charge in [0.1, 0.15) is 0 Å². The number of carbonyl (C=O) groups is 1. The summed E-state index contributed by atoms with van der Waals surface area (Å²) in [5.41, 5.74) is 2.46. The van der Waals surface area contributed by atoms with Crippen molar-refractivity contribution < 1.29 is 4.79 Å². The Balaban J connectivity index is 1.29. The third-order valence-electron chi connectivity index (χ3n) is 5.04. The molecule has 2 aromatic carbocycles. The number of thiazole rings is 1. The van der Waals surface area contributed by atoms with Crippen LogP contribution in [-0.4, -0.2) is 31.4 Å². The Kier molecular flexibility index (Phi) is 7.22. The summed E-state index contributed by atoms with van der Waals surface area (Å²) >= 11 is 16.6. The lowest BCUT2D eigenvalue weighted by Crippen LogP contribution is -2.14. The van der Waals surface area contributed by atoms with Crippen molar-refractivity contribution in [1.29, 1.82) is 0 Å². The zero-order valence-electron chi connectivity index (χ0n) is 18.1. The molecule has 176 valence electrons. The van der Waals surface area contributed by atoms with E-state index in [0.29, 0.717) is 32.6 Å². The minimum absolute atomic E-state index is 0.163. The number of nitrogens with zero attached hydrogens (tertiary/aromatic N) is 4. The number of amides is 1. The fourth-order valence-corrected chi connectivity index (χ4v) is 6.40. The van der Waals surface area contributed by atoms with E-state index in [1.807, 2.05) is 28.1 Å². The lowest BCUT2D eigenvalue weighted by Gasteiger charge is -2.07. The molecule has 0 radical (unpaired) electrons. The molecule has 11 heteroatoms. The Morgan fingerprint density at radius 2 is 1.97 bits per heavy atom. The molecule has 3 aromatic heterocycles. The van der Waals surface area contributed by atoms with Gasteiger partial charge in [-0.3, -0.25) is 9.36 Å². The molecular weight excluding hydrogens is 541 g/mol. The van der Waals surface area contributed by atoms with E-state index in [2.05, 4.69) is 44.6 Å². The van der Waals surface area contributed by atoms with Crippen LogP contribution in [0.3, 0.4) is 0 Å². The Bertz CT molecular complexity index is 1540. The number of hydrogen-bond acceptors (Lipinski definition) is 7. The zero-order chi connectivity index (χ0) is 24.4. The Morgan fingerprint density at radius 1 is 1.11 bits per heavy atom. The van der Waals surface area contributed by atoms with Crippen molar-refractivity contribution >= 4 is 78.8 Å². The smallest absolute Gasteiger partial charge is 0.236 e. The van der Waals surface area contributed by atoms with Crippen molar-refractivity contribution in [3.8, 4) is 22.6 Å². The summed E-state index contributed by atoms with van der Waals surface area (Å²) < 4.78 is 3.16. The second-order valence-corrected chi connectivity index (χ2v) is 10.9. The highest BCUT2D eigenvalue weighted by molar-refractivity contribution is 7.99. The second kappa shape index (κ2) is 10.5. The van der Waals surface area contributed by atoms with Gasteiger partial charge >= 0.3 is 0 Å². The molecule has 1 amide bonds. The molecule has 0 spiro atoms. The number of halogens is 2. The lowest BCUT2D eigenvalue weighted by atomic mass is 10.1. The fraction of sp³-hybridized carbons (Fsp3) is 0.0833. The van der Waals surface area contributed by atoms with Gasteiger partial charge in [0.15, 0.2) is 16.1 Å². The van der Waals surface area contributed by atoms with E-state index in [1.54, 1.807) is 29.5 Å². The van der Waals surface area contributed by atoms with E-state index in [-0.39, 0.29) is 11.7 Å². The maximum atomic E-state index is 12.6. The standard InChI is InChI=1S/C24H17Cl2N5OS3/c1-2-9-31-22(17-11-33-20-6-4-3-5-15(17)20)29-30-24(31)35-13-21(32)28-23-27-19(12-34-23)16-8-7-14(25)10-18(16)26/h2-8,10-12H,1,9,13H2,(H,27,28,32). The summed E-state index contributed by atoms with van der Waals surface area (Å²) in [6, 6.07) is 13.4. The van der Waals surface area contributed by atoms with E-state index < -0.39 is 0 Å². The Labute approximate surface area is 223 Å². The number of aromatic nitrogens is 4. The molecule has 0 aliphatic carbocycles. The van der Waals surface area contributed by atoms with Crippen molar-refractivity contribution in [3.05, 3.63) is 75.9 Å². The summed E-state index contributed by atoms with van der Waals surface area (Å²) in [5.74, 6) is 0.736. The van der Waals surface area contributed by atoms with Crippen LogP contribution in [0.1, 0.15) is 0 Å². The van der Waals surface area contributed by atoms with Crippen molar-refractivity contribution in [2.45, 2.75) is 11.7 Å². The number of rotatable bonds is 8. The number of anilines is 1. The van der Waals surface area contributed by atoms with Gasteiger partial charge in [0.2, 0.25) is 5.91 Å². The third-order valence-corrected chi connectivity index (χ3v) is 8.28. The quantitative estimate of drug-likeness (QED) is 0.158. The first-order valence-electron chi connectivity index (χ1n) is 10.4. The van der Waals surface area contributed by atoms with Gasteiger partial charge in [-0.25, -0.2) is 4.98 Å². The van der Waals surface area contributed by atoms with E-state index in [4.69, 9.17) is 23.2 Å². The highest BCUT2D eigenvalue weighted by Gasteiger charge is 2.18. The van der Waals surface area contributed by atoms with Gasteiger partial charge in [0.05, 0.1) is 16.5 Å². The molecular formula is C24H17Cl2N5OS3. The van der Waals surface area contributed by atoms with E-state index in [9.17, 15) is 4.79 Å². The molecule has 0 saturated heterocycles. The molecule has 0 bridgehead atoms. The SMILES string of the molecule is C=CCn1c(SCC(=O)Nc2nc(-c3ccc(Cl)cc3Cl)cs2)nnc1-c1csc2ccccc12. The number of nitrogens with one attached hydrogen (secondary N) is 1. The maximum absolute atomic E-state index is 12.6. The van der Waals surface area contributed by atoms with Crippen LogP contribution in [-0.2, 0) is 11.3 Å². The predicted molar refractivity (Wildman–Crippen MR) is 148 cm³/mol. The summed E-state index contributed by atoms with van der Waals surface area (Å²) in [7, 11) is 0. The molecule has 0 atom stereocenters. The fourth-order valence-electron chi connectivity index (χ4n) is 3.48. The normalized spacial score (nSPS) is 11.1. The molecule has 0 unspecified atom stereocenters. The second-order valence-electron chi connectivity index (χ2n) is 7.35. The summed E-state index contributed by atoms with van der Waals surface area (Å²) in [6.45, 7) is 4.40. The van der Waals surface area contributed by atoms with Crippen molar-refractivity contribution in [3.63, 3.8) is 0 Å². The largest absolute Gasteiger partial charge is 0.301 e. The average molecular weight is 559 g/mol. The van der Waals surface area contributed by atoms with Crippen LogP contribution in [0.25, 0.3) is 32.7 Å². The molecule has 0 fully saturated rings. The number of allylic oxidation sites excluding steroid dienone is 1. The summed E-state index contributed by atoms with van der Waals surface area (Å²) in [5, 5.41) is 18.9. The van der Waals surface area contributed by atoms with Gasteiger partial charge in [0, 0.05) is 43.5 Å². The maximum Gasteiger partial charge on any atom is 0.236 e. The average Bonchev–Trinajstić information content (AvgIpc) is 3.57. The van der Waals surface area contributed by atoms with E-state index >= 15 is 0 Å². The first-order valence-corrected chi connectivity index (χ1v) is 13.9. The number of thioether (sulfide) groups is 1. The zero-order valence-corrected chi connectivity index (χ0v) is 22.0. The van der Waals surface area contributed by atoms with Crippen LogP contribution in [0, 0.1) is 0 Å². The number of carbonyl (C=O) groups excluding carboxylic acids is 1. The summed E-state index contributed by atoms with van der Waals surface area (Å²) in [4.78, 5) is 17.1. The molecule has 6 nitrogen and oxygen atoms in total. The van der Waals surface area contributed by atoms with Gasteiger partial charge in [-0.1, -0.05) is 59.2 Å². The first-order chi connectivity index (χ1) is 17.0. The Morgan fingerprint density at radius 3 is 2.80 bits per heavy atom. The Hall–Kier alpha value is -2.69. The molecule has 3 heterocycles. The molecule has 5 aromatic rings. The first kappa shape index (κ1) is 24.0. The minimum atomic E-state index is -0.186. The van der Waals surface area contributed by atoms with Crippen LogP contribution < -0.4 is 5.32 Å². The number of fused-ring (bicyclic) bond motifs is 1. The highest BCUT2D eigenvalue weighted by atomic mass is 35.5. The monoisotopic (exact) mass is 557 g/mol. The van der Waals surface area contributed by atoms with E-state index in [1.165, 1.54) is 27.8 Å². The lowest BCUT2D eigenvalue weighted by molar-refractivity contribution is -0.113. The van der Waals surface area contributed by atoms with Crippen molar-refractivity contribution in [2.24, 2.45) is 0 Å². The van der Waals surface area contributed by atoms with Crippen LogP contribution >= 0.6 is 57.6 Å². The highest BCUT2D eigenvalue weighted by Crippen LogP contribution is 2.35. The van der Waals surface area contributed by atoms with Gasteiger partial charge in [-0.05, 0) is 24.3 Å². The van der Waals surface area contributed by atoms with Crippen LogP contribution in [0.2, 0.25) is 10.0 Å². The van der Waals surface area contributed by atoms with Crippen molar-refractivity contribution in [1.82, 2.24) is 19.7 Å². The summed E-state index contributed by atoms with van der Waals surface area (Å²) in [6.07, 6.45) is 1.80.